The number of nitrogens with zero attached hydrogens (tertiary/aromatic N) is 4. The van der Waals surface area contributed by atoms with Crippen LogP contribution in [0.3, 0.4) is 0 Å². The highest BCUT2D eigenvalue weighted by atomic mass is 16.5. The number of carbonyl (C=O) groups is 2. The van der Waals surface area contributed by atoms with Gasteiger partial charge in [-0.1, -0.05) is 6.07 Å². The van der Waals surface area contributed by atoms with Crippen molar-refractivity contribution in [2.75, 3.05) is 32.8 Å². The fraction of sp³-hybridized carbons (Fsp3) is 0.526. The van der Waals surface area contributed by atoms with Crippen LogP contribution < -0.4 is 5.32 Å². The highest BCUT2D eigenvalue weighted by Gasteiger charge is 2.40. The number of aryl methyl sites for hydroxylation is 1. The van der Waals surface area contributed by atoms with E-state index in [2.05, 4.69) is 28.6 Å². The molecule has 2 aromatic rings. The summed E-state index contributed by atoms with van der Waals surface area (Å²) in [5, 5.41) is 8.37. The summed E-state index contributed by atoms with van der Waals surface area (Å²) >= 11 is 0. The first-order valence-electron chi connectivity index (χ1n) is 9.45. The molecule has 3 saturated heterocycles. The summed E-state index contributed by atoms with van der Waals surface area (Å²) in [6, 6.07) is 6.38. The van der Waals surface area contributed by atoms with Crippen molar-refractivity contribution in [1.29, 1.82) is 0 Å². The molecule has 2 atom stereocenters. The van der Waals surface area contributed by atoms with Gasteiger partial charge in [0.05, 0.1) is 23.9 Å². The molecule has 3 amide bonds. The van der Waals surface area contributed by atoms with Crippen LogP contribution in [0, 0.1) is 0 Å². The van der Waals surface area contributed by atoms with Crippen LogP contribution in [-0.4, -0.2) is 76.5 Å². The van der Waals surface area contributed by atoms with E-state index in [1.165, 1.54) is 5.56 Å². The Bertz CT molecular complexity index is 904. The van der Waals surface area contributed by atoms with Gasteiger partial charge >= 0.3 is 6.03 Å². The minimum Gasteiger partial charge on any atom is -0.366 e. The molecule has 0 unspecified atom stereocenters. The summed E-state index contributed by atoms with van der Waals surface area (Å²) in [6.07, 6.45) is 2.68. The summed E-state index contributed by atoms with van der Waals surface area (Å²) in [6.45, 7) is 2.80. The van der Waals surface area contributed by atoms with Gasteiger partial charge in [0, 0.05) is 44.5 Å². The number of fused-ring (bicyclic) bond motifs is 2. The largest absolute Gasteiger partial charge is 0.366 e. The molecule has 0 spiro atoms. The molecule has 1 aromatic heterocycles. The molecule has 8 heteroatoms. The number of rotatable bonds is 1. The van der Waals surface area contributed by atoms with Crippen molar-refractivity contribution in [2.45, 2.75) is 24.5 Å². The molecular formula is C19H23N5O3. The maximum absolute atomic E-state index is 12.8. The minimum absolute atomic E-state index is 0.0297. The van der Waals surface area contributed by atoms with Gasteiger partial charge in [-0.2, -0.15) is 5.10 Å². The third kappa shape index (κ3) is 2.84. The Morgan fingerprint density at radius 3 is 2.96 bits per heavy atom. The van der Waals surface area contributed by atoms with E-state index in [9.17, 15) is 9.59 Å². The van der Waals surface area contributed by atoms with E-state index >= 15 is 0 Å². The van der Waals surface area contributed by atoms with Gasteiger partial charge in [0.1, 0.15) is 6.61 Å². The second-order valence-electron chi connectivity index (χ2n) is 7.73. The molecule has 0 aliphatic carbocycles. The number of morpholine rings is 1. The van der Waals surface area contributed by atoms with Crippen molar-refractivity contribution in [3.63, 3.8) is 0 Å². The summed E-state index contributed by atoms with van der Waals surface area (Å²) in [5.41, 5.74) is 2.37. The molecule has 142 valence electrons. The average molecular weight is 369 g/mol. The lowest BCUT2D eigenvalue weighted by molar-refractivity contribution is -0.139. The molecule has 5 rings (SSSR count). The molecule has 3 aliphatic heterocycles. The number of urea groups is 1. The van der Waals surface area contributed by atoms with Gasteiger partial charge < -0.3 is 19.9 Å². The second-order valence-corrected chi connectivity index (χ2v) is 7.73. The van der Waals surface area contributed by atoms with Crippen molar-refractivity contribution in [2.24, 2.45) is 7.05 Å². The number of aromatic nitrogens is 2. The molecule has 27 heavy (non-hydrogen) atoms. The number of likely N-dealkylation sites (tertiary alicyclic amines) is 2. The fourth-order valence-corrected chi connectivity index (χ4v) is 4.36. The first-order valence-corrected chi connectivity index (χ1v) is 9.45. The van der Waals surface area contributed by atoms with E-state index in [1.807, 2.05) is 27.7 Å². The number of nitrogens with one attached hydrogen (secondary N) is 1. The Hall–Kier alpha value is -2.61. The summed E-state index contributed by atoms with van der Waals surface area (Å²) in [4.78, 5) is 28.1. The topological polar surface area (TPSA) is 79.7 Å². The SMILES string of the molecule is Cn1ncc2cc(C3CN(C(=O)N4CC[C@@H]5OCC(=O)N[C@@H]5C4)C3)ccc21. The van der Waals surface area contributed by atoms with E-state index in [0.29, 0.717) is 19.0 Å². The van der Waals surface area contributed by atoms with Gasteiger partial charge in [-0.3, -0.25) is 9.48 Å². The molecule has 3 aliphatic rings. The van der Waals surface area contributed by atoms with Crippen molar-refractivity contribution in [3.8, 4) is 0 Å². The zero-order chi connectivity index (χ0) is 18.5. The third-order valence-corrected chi connectivity index (χ3v) is 5.99. The van der Waals surface area contributed by atoms with Gasteiger partial charge in [-0.05, 0) is 24.1 Å². The van der Waals surface area contributed by atoms with Crippen LogP contribution in [0.4, 0.5) is 4.79 Å². The number of amides is 3. The number of piperidine rings is 1. The lowest BCUT2D eigenvalue weighted by Gasteiger charge is -2.46. The number of ether oxygens (including phenoxy) is 1. The predicted molar refractivity (Wildman–Crippen MR) is 98.3 cm³/mol. The van der Waals surface area contributed by atoms with E-state index in [0.717, 1.165) is 30.4 Å². The molecule has 0 saturated carbocycles. The zero-order valence-electron chi connectivity index (χ0n) is 15.3. The van der Waals surface area contributed by atoms with Crippen LogP contribution in [0.5, 0.6) is 0 Å². The van der Waals surface area contributed by atoms with E-state index in [-0.39, 0.29) is 30.7 Å². The van der Waals surface area contributed by atoms with Crippen molar-refractivity contribution < 1.29 is 14.3 Å². The van der Waals surface area contributed by atoms with Gasteiger partial charge in [-0.25, -0.2) is 4.79 Å². The normalized spacial score (nSPS) is 25.9. The minimum atomic E-state index is -0.0969. The van der Waals surface area contributed by atoms with Crippen molar-refractivity contribution >= 4 is 22.8 Å². The second kappa shape index (κ2) is 6.23. The maximum Gasteiger partial charge on any atom is 0.320 e. The van der Waals surface area contributed by atoms with E-state index in [4.69, 9.17) is 4.74 Å². The van der Waals surface area contributed by atoms with Crippen molar-refractivity contribution in [3.05, 3.63) is 30.0 Å². The zero-order valence-corrected chi connectivity index (χ0v) is 15.3. The van der Waals surface area contributed by atoms with Crippen molar-refractivity contribution in [1.82, 2.24) is 24.9 Å². The van der Waals surface area contributed by atoms with Crippen LogP contribution in [0.25, 0.3) is 10.9 Å². The summed E-state index contributed by atoms with van der Waals surface area (Å²) in [7, 11) is 1.94. The molecule has 4 heterocycles. The van der Waals surface area contributed by atoms with Gasteiger partial charge in [0.25, 0.3) is 0 Å². The lowest BCUT2D eigenvalue weighted by Crippen LogP contribution is -2.63. The molecule has 1 N–H and O–H groups in total. The van der Waals surface area contributed by atoms with Gasteiger partial charge in [-0.15, -0.1) is 0 Å². The van der Waals surface area contributed by atoms with Crippen LogP contribution >= 0.6 is 0 Å². The monoisotopic (exact) mass is 369 g/mol. The van der Waals surface area contributed by atoms with Gasteiger partial charge in [0.2, 0.25) is 5.91 Å². The lowest BCUT2D eigenvalue weighted by atomic mass is 9.91. The van der Waals surface area contributed by atoms with E-state index < -0.39 is 0 Å². The highest BCUT2D eigenvalue weighted by Crippen LogP contribution is 2.30. The molecule has 0 radical (unpaired) electrons. The maximum atomic E-state index is 12.8. The Balaban J connectivity index is 1.21. The Kier molecular flexibility index (Phi) is 3.82. The number of hydrogen-bond donors (Lipinski definition) is 1. The highest BCUT2D eigenvalue weighted by molar-refractivity contribution is 5.80. The fourth-order valence-electron chi connectivity index (χ4n) is 4.36. The first kappa shape index (κ1) is 16.6. The first-order chi connectivity index (χ1) is 13.1. The Labute approximate surface area is 157 Å². The quantitative estimate of drug-likeness (QED) is 0.802. The molecular weight excluding hydrogens is 346 g/mol. The number of carbonyl (C=O) groups excluding carboxylic acids is 2. The van der Waals surface area contributed by atoms with E-state index in [1.54, 1.807) is 0 Å². The smallest absolute Gasteiger partial charge is 0.320 e. The molecule has 1 aromatic carbocycles. The summed E-state index contributed by atoms with van der Waals surface area (Å²) < 4.78 is 7.43. The predicted octanol–water partition coefficient (Wildman–Crippen LogP) is 0.682. The third-order valence-electron chi connectivity index (χ3n) is 5.99. The summed E-state index contributed by atoms with van der Waals surface area (Å²) in [5.74, 6) is 0.272. The van der Waals surface area contributed by atoms with Crippen LogP contribution in [0.2, 0.25) is 0 Å². The number of hydrogen-bond acceptors (Lipinski definition) is 4. The Morgan fingerprint density at radius 1 is 1.26 bits per heavy atom. The van der Waals surface area contributed by atoms with Crippen LogP contribution in [0.1, 0.15) is 17.9 Å². The van der Waals surface area contributed by atoms with Crippen LogP contribution in [-0.2, 0) is 16.6 Å². The molecule has 3 fully saturated rings. The standard InChI is InChI=1S/C19H23N5O3/c1-22-16-3-2-12(6-13(16)7-20-22)14-8-24(9-14)19(26)23-5-4-17-15(10-23)21-18(25)11-27-17/h2-3,6-7,14-15,17H,4-5,8-11H2,1H3,(H,21,25)/t15-,17+/m1/s1. The van der Waals surface area contributed by atoms with Gasteiger partial charge in [0.15, 0.2) is 0 Å². The Morgan fingerprint density at radius 2 is 2.11 bits per heavy atom. The molecule has 0 bridgehead atoms. The van der Waals surface area contributed by atoms with Crippen LogP contribution in [0.15, 0.2) is 24.4 Å². The average Bonchev–Trinajstić information content (AvgIpc) is 3.00. The molecule has 8 nitrogen and oxygen atoms in total. The number of benzene rings is 1.